The molecule has 1 nitrogen and oxygen atoms in total. The van der Waals surface area contributed by atoms with Crippen LogP contribution in [0, 0.1) is 0 Å². The third kappa shape index (κ3) is 3.18. The Labute approximate surface area is 191 Å². The van der Waals surface area contributed by atoms with Crippen molar-refractivity contribution in [3.8, 4) is 22.3 Å². The minimum Gasteiger partial charge on any atom is -0.311 e. The van der Waals surface area contributed by atoms with Gasteiger partial charge >= 0.3 is 0 Å². The SMILES string of the molecule is C=CC(=C)N(c1ccc(-c2ccccc2)cc1)c1ccc2c(c1)C(C)(C)c1ccccc1-2. The number of hydrogen-bond acceptors (Lipinski definition) is 1. The van der Waals surface area contributed by atoms with E-state index in [4.69, 9.17) is 0 Å². The minimum atomic E-state index is -0.0414. The molecule has 0 saturated carbocycles. The normalized spacial score (nSPS) is 13.2. The summed E-state index contributed by atoms with van der Waals surface area (Å²) in [5, 5.41) is 0. The predicted molar refractivity (Wildman–Crippen MR) is 137 cm³/mol. The molecule has 0 fully saturated rings. The lowest BCUT2D eigenvalue weighted by atomic mass is 9.82. The van der Waals surface area contributed by atoms with Crippen LogP contribution in [0.15, 0.2) is 122 Å². The lowest BCUT2D eigenvalue weighted by molar-refractivity contribution is 0.660. The Bertz CT molecular complexity index is 1310. The minimum absolute atomic E-state index is 0.0414. The Hall–Kier alpha value is -3.84. The molecule has 5 rings (SSSR count). The Morgan fingerprint density at radius 1 is 0.688 bits per heavy atom. The summed E-state index contributed by atoms with van der Waals surface area (Å²) in [7, 11) is 0. The van der Waals surface area contributed by atoms with Crippen LogP contribution >= 0.6 is 0 Å². The average Bonchev–Trinajstić information content (AvgIpc) is 3.07. The first-order valence-electron chi connectivity index (χ1n) is 11.0. The standard InChI is InChI=1S/C31H27N/c1-5-22(2)32(25-17-15-24(16-18-25)23-11-7-6-8-12-23)26-19-20-28-27-13-9-10-14-29(27)31(3,4)30(28)21-26/h5-21H,1-2H2,3-4H3. The van der Waals surface area contributed by atoms with Crippen molar-refractivity contribution in [3.63, 3.8) is 0 Å². The van der Waals surface area contributed by atoms with Crippen LogP contribution in [0.4, 0.5) is 11.4 Å². The highest BCUT2D eigenvalue weighted by atomic mass is 15.1. The van der Waals surface area contributed by atoms with Crippen LogP contribution in [-0.2, 0) is 5.41 Å². The van der Waals surface area contributed by atoms with Crippen molar-refractivity contribution in [1.29, 1.82) is 0 Å². The van der Waals surface area contributed by atoms with Gasteiger partial charge in [-0.15, -0.1) is 0 Å². The van der Waals surface area contributed by atoms with Gasteiger partial charge in [0.1, 0.15) is 0 Å². The van der Waals surface area contributed by atoms with Gasteiger partial charge in [-0.25, -0.2) is 0 Å². The highest BCUT2D eigenvalue weighted by Crippen LogP contribution is 2.50. The molecular weight excluding hydrogens is 386 g/mol. The molecule has 0 spiro atoms. The molecule has 32 heavy (non-hydrogen) atoms. The second-order valence-electron chi connectivity index (χ2n) is 8.84. The second kappa shape index (κ2) is 7.69. The van der Waals surface area contributed by atoms with Crippen molar-refractivity contribution in [1.82, 2.24) is 0 Å². The molecule has 0 N–H and O–H groups in total. The first-order valence-corrected chi connectivity index (χ1v) is 11.0. The van der Waals surface area contributed by atoms with Crippen molar-refractivity contribution in [2.45, 2.75) is 19.3 Å². The maximum atomic E-state index is 4.28. The number of benzene rings is 4. The number of fused-ring (bicyclic) bond motifs is 3. The number of hydrogen-bond donors (Lipinski definition) is 0. The van der Waals surface area contributed by atoms with Crippen molar-refractivity contribution in [3.05, 3.63) is 133 Å². The summed E-state index contributed by atoms with van der Waals surface area (Å²) in [6, 6.07) is 34.6. The summed E-state index contributed by atoms with van der Waals surface area (Å²) in [5.41, 5.74) is 10.8. The quantitative estimate of drug-likeness (QED) is 0.296. The third-order valence-corrected chi connectivity index (χ3v) is 6.58. The fraction of sp³-hybridized carbons (Fsp3) is 0.0968. The van der Waals surface area contributed by atoms with Gasteiger partial charge in [0.25, 0.3) is 0 Å². The van der Waals surface area contributed by atoms with Gasteiger partial charge in [0, 0.05) is 22.5 Å². The molecule has 0 amide bonds. The largest absolute Gasteiger partial charge is 0.311 e. The molecule has 0 saturated heterocycles. The van der Waals surface area contributed by atoms with Gasteiger partial charge in [0.2, 0.25) is 0 Å². The predicted octanol–water partition coefficient (Wildman–Crippen LogP) is 8.50. The molecule has 1 heteroatoms. The Morgan fingerprint density at radius 3 is 2.00 bits per heavy atom. The average molecular weight is 414 g/mol. The molecule has 0 unspecified atom stereocenters. The Balaban J connectivity index is 1.58. The molecule has 4 aromatic rings. The van der Waals surface area contributed by atoms with Crippen molar-refractivity contribution in [2.24, 2.45) is 0 Å². The topological polar surface area (TPSA) is 3.24 Å². The van der Waals surface area contributed by atoms with E-state index in [1.807, 2.05) is 12.1 Å². The maximum absolute atomic E-state index is 4.28. The molecule has 0 atom stereocenters. The number of anilines is 2. The zero-order valence-electron chi connectivity index (χ0n) is 18.7. The van der Waals surface area contributed by atoms with Gasteiger partial charge in [-0.3, -0.25) is 0 Å². The van der Waals surface area contributed by atoms with E-state index in [1.165, 1.54) is 33.4 Å². The lowest BCUT2D eigenvalue weighted by Gasteiger charge is -2.28. The van der Waals surface area contributed by atoms with Gasteiger partial charge in [0.05, 0.1) is 0 Å². The third-order valence-electron chi connectivity index (χ3n) is 6.58. The van der Waals surface area contributed by atoms with E-state index >= 15 is 0 Å². The van der Waals surface area contributed by atoms with E-state index in [2.05, 4.69) is 123 Å². The molecule has 1 aliphatic rings. The van der Waals surface area contributed by atoms with Crippen LogP contribution < -0.4 is 4.90 Å². The fourth-order valence-electron chi connectivity index (χ4n) is 4.84. The van der Waals surface area contributed by atoms with E-state index in [0.29, 0.717) is 0 Å². The summed E-state index contributed by atoms with van der Waals surface area (Å²) in [6.45, 7) is 12.9. The van der Waals surface area contributed by atoms with Gasteiger partial charge in [-0.05, 0) is 63.7 Å². The first-order chi connectivity index (χ1) is 15.5. The molecule has 0 bridgehead atoms. The van der Waals surface area contributed by atoms with Gasteiger partial charge in [-0.2, -0.15) is 0 Å². The number of nitrogens with zero attached hydrogens (tertiary/aromatic N) is 1. The van der Waals surface area contributed by atoms with Crippen LogP contribution in [0.25, 0.3) is 22.3 Å². The van der Waals surface area contributed by atoms with Crippen molar-refractivity contribution >= 4 is 11.4 Å². The Kier molecular flexibility index (Phi) is 4.83. The summed E-state index contributed by atoms with van der Waals surface area (Å²) >= 11 is 0. The first kappa shape index (κ1) is 20.1. The Morgan fingerprint density at radius 2 is 1.28 bits per heavy atom. The molecule has 0 aromatic heterocycles. The van der Waals surface area contributed by atoms with Crippen LogP contribution in [-0.4, -0.2) is 0 Å². The van der Waals surface area contributed by atoms with E-state index in [1.54, 1.807) is 0 Å². The fourth-order valence-corrected chi connectivity index (χ4v) is 4.84. The molecular formula is C31H27N. The smallest absolute Gasteiger partial charge is 0.0464 e. The van der Waals surface area contributed by atoms with E-state index in [-0.39, 0.29) is 5.41 Å². The highest BCUT2D eigenvalue weighted by Gasteiger charge is 2.35. The molecule has 0 aliphatic heterocycles. The van der Waals surface area contributed by atoms with Gasteiger partial charge in [0.15, 0.2) is 0 Å². The summed E-state index contributed by atoms with van der Waals surface area (Å²) in [4.78, 5) is 2.18. The number of rotatable bonds is 5. The van der Waals surface area contributed by atoms with Crippen LogP contribution in [0.1, 0.15) is 25.0 Å². The van der Waals surface area contributed by atoms with Crippen LogP contribution in [0.3, 0.4) is 0 Å². The maximum Gasteiger partial charge on any atom is 0.0464 e. The van der Waals surface area contributed by atoms with Crippen molar-refractivity contribution < 1.29 is 0 Å². The highest BCUT2D eigenvalue weighted by molar-refractivity contribution is 5.84. The van der Waals surface area contributed by atoms with E-state index < -0.39 is 0 Å². The molecule has 0 radical (unpaired) electrons. The number of allylic oxidation sites excluding steroid dienone is 1. The second-order valence-corrected chi connectivity index (χ2v) is 8.84. The molecule has 0 heterocycles. The van der Waals surface area contributed by atoms with Gasteiger partial charge in [-0.1, -0.05) is 99.8 Å². The monoisotopic (exact) mass is 413 g/mol. The summed E-state index contributed by atoms with van der Waals surface area (Å²) in [6.07, 6.45) is 1.82. The molecule has 1 aliphatic carbocycles. The summed E-state index contributed by atoms with van der Waals surface area (Å²) < 4.78 is 0. The summed E-state index contributed by atoms with van der Waals surface area (Å²) in [5.74, 6) is 0. The molecule has 156 valence electrons. The van der Waals surface area contributed by atoms with Crippen LogP contribution in [0.5, 0.6) is 0 Å². The zero-order chi connectivity index (χ0) is 22.3. The van der Waals surface area contributed by atoms with E-state index in [9.17, 15) is 0 Å². The van der Waals surface area contributed by atoms with Gasteiger partial charge < -0.3 is 4.90 Å². The van der Waals surface area contributed by atoms with Crippen molar-refractivity contribution in [2.75, 3.05) is 4.90 Å². The van der Waals surface area contributed by atoms with E-state index in [0.717, 1.165) is 17.1 Å². The van der Waals surface area contributed by atoms with Crippen LogP contribution in [0.2, 0.25) is 0 Å². The lowest BCUT2D eigenvalue weighted by Crippen LogP contribution is -2.18. The molecule has 4 aromatic carbocycles. The zero-order valence-corrected chi connectivity index (χ0v) is 18.7.